The van der Waals surface area contributed by atoms with Crippen molar-refractivity contribution in [3.05, 3.63) is 51.9 Å². The molecule has 23 heavy (non-hydrogen) atoms. The Morgan fingerprint density at radius 3 is 2.91 bits per heavy atom. The van der Waals surface area contributed by atoms with Crippen molar-refractivity contribution in [3.63, 3.8) is 0 Å². The van der Waals surface area contributed by atoms with Gasteiger partial charge in [0.25, 0.3) is 5.91 Å². The first-order chi connectivity index (χ1) is 11.2. The fourth-order valence-corrected chi connectivity index (χ4v) is 2.50. The van der Waals surface area contributed by atoms with E-state index in [9.17, 15) is 4.79 Å². The highest BCUT2D eigenvalue weighted by Crippen LogP contribution is 2.22. The van der Waals surface area contributed by atoms with Gasteiger partial charge in [-0.1, -0.05) is 6.07 Å². The van der Waals surface area contributed by atoms with Gasteiger partial charge in [-0.2, -0.15) is 5.10 Å². The Kier molecular flexibility index (Phi) is 4.51. The number of rotatable bonds is 4. The molecule has 3 aromatic rings. The highest BCUT2D eigenvalue weighted by molar-refractivity contribution is 14.1. The lowest BCUT2D eigenvalue weighted by molar-refractivity contribution is 0.102. The van der Waals surface area contributed by atoms with E-state index in [1.165, 1.54) is 13.4 Å². The maximum atomic E-state index is 12.5. The number of benzene rings is 1. The zero-order chi connectivity index (χ0) is 16.2. The summed E-state index contributed by atoms with van der Waals surface area (Å²) in [5, 5.41) is 9.29. The van der Waals surface area contributed by atoms with E-state index in [1.54, 1.807) is 30.3 Å². The summed E-state index contributed by atoms with van der Waals surface area (Å²) >= 11 is 2.14. The Bertz CT molecular complexity index is 836. The number of nitrogens with one attached hydrogen (secondary N) is 2. The first-order valence-electron chi connectivity index (χ1n) is 6.65. The summed E-state index contributed by atoms with van der Waals surface area (Å²) in [6.07, 6.45) is 1.40. The van der Waals surface area contributed by atoms with Crippen LogP contribution in [-0.4, -0.2) is 33.2 Å². The van der Waals surface area contributed by atoms with Crippen molar-refractivity contribution in [2.75, 3.05) is 12.4 Å². The molecule has 2 aromatic heterocycles. The Labute approximate surface area is 145 Å². The number of hydrogen-bond donors (Lipinski definition) is 2. The van der Waals surface area contributed by atoms with E-state index in [1.807, 2.05) is 6.07 Å². The van der Waals surface area contributed by atoms with Crippen LogP contribution in [0.5, 0.6) is 5.75 Å². The molecule has 1 amide bonds. The number of methoxy groups -OCH3 is 1. The summed E-state index contributed by atoms with van der Waals surface area (Å²) in [6.45, 7) is 0. The lowest BCUT2D eigenvalue weighted by Crippen LogP contribution is -2.14. The Morgan fingerprint density at radius 2 is 2.17 bits per heavy atom. The van der Waals surface area contributed by atoms with Gasteiger partial charge in [0.05, 0.1) is 12.7 Å². The maximum absolute atomic E-state index is 12.5. The smallest absolute Gasteiger partial charge is 0.260 e. The third-order valence-electron chi connectivity index (χ3n) is 3.05. The average molecular weight is 421 g/mol. The van der Waals surface area contributed by atoms with Crippen LogP contribution in [0.1, 0.15) is 10.4 Å². The molecule has 0 aliphatic rings. The number of pyridine rings is 1. The first-order valence-corrected chi connectivity index (χ1v) is 7.73. The summed E-state index contributed by atoms with van der Waals surface area (Å²) < 4.78 is 6.18. The van der Waals surface area contributed by atoms with E-state index < -0.39 is 0 Å². The molecule has 2 heterocycles. The lowest BCUT2D eigenvalue weighted by Gasteiger charge is -2.09. The number of H-pyrrole nitrogens is 1. The van der Waals surface area contributed by atoms with Crippen LogP contribution in [0.3, 0.4) is 0 Å². The molecule has 8 heteroatoms. The summed E-state index contributed by atoms with van der Waals surface area (Å²) in [4.78, 5) is 20.9. The molecular weight excluding hydrogens is 409 g/mol. The van der Waals surface area contributed by atoms with Crippen molar-refractivity contribution in [1.82, 2.24) is 20.2 Å². The molecule has 0 saturated heterocycles. The fourth-order valence-electron chi connectivity index (χ4n) is 2.01. The van der Waals surface area contributed by atoms with Gasteiger partial charge in [0.2, 0.25) is 0 Å². The van der Waals surface area contributed by atoms with Crippen LogP contribution in [0.25, 0.3) is 11.5 Å². The lowest BCUT2D eigenvalue weighted by atomic mass is 10.2. The molecule has 0 atom stereocenters. The molecule has 0 aliphatic carbocycles. The highest BCUT2D eigenvalue weighted by Gasteiger charge is 2.14. The predicted molar refractivity (Wildman–Crippen MR) is 93.3 cm³/mol. The number of halogens is 1. The van der Waals surface area contributed by atoms with Crippen molar-refractivity contribution in [1.29, 1.82) is 0 Å². The number of nitrogens with zero attached hydrogens (tertiary/aromatic N) is 3. The second-order valence-electron chi connectivity index (χ2n) is 4.54. The molecular formula is C15H12IN5O2. The molecule has 3 rings (SSSR count). The van der Waals surface area contributed by atoms with E-state index in [-0.39, 0.29) is 5.91 Å². The van der Waals surface area contributed by atoms with Crippen molar-refractivity contribution >= 4 is 34.3 Å². The minimum absolute atomic E-state index is 0.289. The molecule has 116 valence electrons. The third kappa shape index (κ3) is 3.47. The van der Waals surface area contributed by atoms with Crippen molar-refractivity contribution < 1.29 is 9.53 Å². The van der Waals surface area contributed by atoms with Crippen molar-refractivity contribution in [2.24, 2.45) is 0 Å². The molecule has 0 fully saturated rings. The Hall–Kier alpha value is -2.49. The fraction of sp³-hybridized carbons (Fsp3) is 0.0667. The number of hydrogen-bond acceptors (Lipinski definition) is 5. The maximum Gasteiger partial charge on any atom is 0.260 e. The van der Waals surface area contributed by atoms with Crippen LogP contribution in [0.4, 0.5) is 5.82 Å². The molecule has 2 N–H and O–H groups in total. The number of aromatic nitrogens is 4. The van der Waals surface area contributed by atoms with E-state index >= 15 is 0 Å². The molecule has 0 bridgehead atoms. The molecule has 0 unspecified atom stereocenters. The monoisotopic (exact) mass is 421 g/mol. The van der Waals surface area contributed by atoms with Gasteiger partial charge in [-0.3, -0.25) is 9.89 Å². The topological polar surface area (TPSA) is 92.8 Å². The van der Waals surface area contributed by atoms with E-state index in [0.29, 0.717) is 28.6 Å². The van der Waals surface area contributed by atoms with Gasteiger partial charge in [-0.05, 0) is 52.9 Å². The summed E-state index contributed by atoms with van der Waals surface area (Å²) in [6, 6.07) is 10.7. The molecule has 7 nitrogen and oxygen atoms in total. The number of carbonyl (C=O) groups is 1. The number of ether oxygens (including phenoxy) is 1. The van der Waals surface area contributed by atoms with Gasteiger partial charge >= 0.3 is 0 Å². The number of aromatic amines is 1. The minimum atomic E-state index is -0.289. The van der Waals surface area contributed by atoms with Crippen molar-refractivity contribution in [2.45, 2.75) is 0 Å². The molecule has 0 radical (unpaired) electrons. The Morgan fingerprint density at radius 1 is 1.30 bits per heavy atom. The summed E-state index contributed by atoms with van der Waals surface area (Å²) in [5.74, 6) is 1.18. The van der Waals surface area contributed by atoms with E-state index in [2.05, 4.69) is 48.1 Å². The molecule has 0 aliphatic heterocycles. The van der Waals surface area contributed by atoms with Crippen molar-refractivity contribution in [3.8, 4) is 17.3 Å². The second-order valence-corrected chi connectivity index (χ2v) is 5.79. The molecule has 1 aromatic carbocycles. The molecule has 0 saturated carbocycles. The Balaban J connectivity index is 1.86. The van der Waals surface area contributed by atoms with Crippen LogP contribution in [0, 0.1) is 3.57 Å². The SMILES string of the molecule is COc1ccc(I)cc1C(=O)Nc1cccc(-c2ncn[nH]2)n1. The zero-order valence-corrected chi connectivity index (χ0v) is 14.2. The van der Waals surface area contributed by atoms with E-state index in [4.69, 9.17) is 4.74 Å². The second kappa shape index (κ2) is 6.73. The predicted octanol–water partition coefficient (Wildman–Crippen LogP) is 2.73. The third-order valence-corrected chi connectivity index (χ3v) is 3.73. The van der Waals surface area contributed by atoms with Gasteiger partial charge < -0.3 is 10.1 Å². The quantitative estimate of drug-likeness (QED) is 0.633. The number of anilines is 1. The highest BCUT2D eigenvalue weighted by atomic mass is 127. The van der Waals surface area contributed by atoms with E-state index in [0.717, 1.165) is 3.57 Å². The van der Waals surface area contributed by atoms with Crippen LogP contribution in [0.15, 0.2) is 42.7 Å². The summed E-state index contributed by atoms with van der Waals surface area (Å²) in [5.41, 5.74) is 1.04. The van der Waals surface area contributed by atoms with Gasteiger partial charge in [-0.25, -0.2) is 9.97 Å². The zero-order valence-electron chi connectivity index (χ0n) is 12.1. The van der Waals surface area contributed by atoms with Gasteiger partial charge in [0.15, 0.2) is 5.82 Å². The summed E-state index contributed by atoms with van der Waals surface area (Å²) in [7, 11) is 1.53. The number of carbonyl (C=O) groups excluding carboxylic acids is 1. The van der Waals surface area contributed by atoms with Crippen LogP contribution >= 0.6 is 22.6 Å². The van der Waals surface area contributed by atoms with Crippen LogP contribution in [-0.2, 0) is 0 Å². The normalized spacial score (nSPS) is 10.3. The van der Waals surface area contributed by atoms with Gasteiger partial charge in [0, 0.05) is 3.57 Å². The van der Waals surface area contributed by atoms with Crippen LogP contribution in [0.2, 0.25) is 0 Å². The first kappa shape index (κ1) is 15.4. The van der Waals surface area contributed by atoms with Gasteiger partial charge in [0.1, 0.15) is 23.6 Å². The van der Waals surface area contributed by atoms with Gasteiger partial charge in [-0.15, -0.1) is 0 Å². The number of amides is 1. The standard InChI is InChI=1S/C15H12IN5O2/c1-23-12-6-5-9(16)7-10(12)15(22)20-13-4-2-3-11(19-13)14-17-8-18-21-14/h2-8H,1H3,(H,17,18,21)(H,19,20,22). The average Bonchev–Trinajstić information content (AvgIpc) is 3.09. The largest absolute Gasteiger partial charge is 0.496 e. The molecule has 0 spiro atoms. The van der Waals surface area contributed by atoms with Crippen LogP contribution < -0.4 is 10.1 Å². The minimum Gasteiger partial charge on any atom is -0.496 e.